The van der Waals surface area contributed by atoms with E-state index in [2.05, 4.69) is 98.0 Å². The molecule has 0 spiro atoms. The Balaban J connectivity index is 1.91. The Morgan fingerprint density at radius 3 is 2.34 bits per heavy atom. The maximum atomic E-state index is 4.92. The van der Waals surface area contributed by atoms with Crippen molar-refractivity contribution < 1.29 is 0 Å². The Hall–Kier alpha value is -3.91. The summed E-state index contributed by atoms with van der Waals surface area (Å²) in [6.07, 6.45) is 1.96. The van der Waals surface area contributed by atoms with Crippen LogP contribution in [0.25, 0.3) is 60.1 Å². The summed E-state index contributed by atoms with van der Waals surface area (Å²) in [5.41, 5.74) is 11.3. The molecule has 0 N–H and O–H groups in total. The minimum absolute atomic E-state index is 1.10. The summed E-state index contributed by atoms with van der Waals surface area (Å²) in [4.78, 5) is 4.92. The van der Waals surface area contributed by atoms with Crippen molar-refractivity contribution in [2.45, 2.75) is 20.8 Å². The minimum atomic E-state index is 1.10. The van der Waals surface area contributed by atoms with Crippen molar-refractivity contribution in [1.82, 2.24) is 9.38 Å². The normalized spacial score (nSPS) is 12.2. The SMILES string of the molecule is Cc1ccc2c(c1)c1c(-c3ccccc3)cc3ccnc4c5cc(C)cc(C)c5n2c1c34. The highest BCUT2D eigenvalue weighted by atomic mass is 14.9. The quantitative estimate of drug-likeness (QED) is 0.198. The van der Waals surface area contributed by atoms with Crippen LogP contribution >= 0.6 is 0 Å². The van der Waals surface area contributed by atoms with Crippen LogP contribution in [0.2, 0.25) is 0 Å². The number of aryl methyl sites for hydroxylation is 3. The Morgan fingerprint density at radius 2 is 1.50 bits per heavy atom. The maximum Gasteiger partial charge on any atom is 0.0822 e. The van der Waals surface area contributed by atoms with Gasteiger partial charge in [-0.2, -0.15) is 0 Å². The zero-order chi connectivity index (χ0) is 21.6. The van der Waals surface area contributed by atoms with Crippen molar-refractivity contribution in [1.29, 1.82) is 0 Å². The molecule has 0 saturated carbocycles. The van der Waals surface area contributed by atoms with Gasteiger partial charge in [-0.3, -0.25) is 4.98 Å². The van der Waals surface area contributed by atoms with Gasteiger partial charge in [-0.05, 0) is 73.2 Å². The third kappa shape index (κ3) is 2.17. The topological polar surface area (TPSA) is 17.3 Å². The maximum absolute atomic E-state index is 4.92. The molecule has 0 fully saturated rings. The van der Waals surface area contributed by atoms with E-state index in [4.69, 9.17) is 4.98 Å². The molecular formula is C30H22N2. The van der Waals surface area contributed by atoms with Gasteiger partial charge in [0.2, 0.25) is 0 Å². The fourth-order valence-electron chi connectivity index (χ4n) is 5.71. The van der Waals surface area contributed by atoms with Gasteiger partial charge in [0.05, 0.1) is 22.1 Å². The summed E-state index contributed by atoms with van der Waals surface area (Å²) in [7, 11) is 0. The second kappa shape index (κ2) is 6.08. The van der Waals surface area contributed by atoms with E-state index in [0.29, 0.717) is 0 Å². The third-order valence-corrected chi connectivity index (χ3v) is 6.92. The zero-order valence-electron chi connectivity index (χ0n) is 18.4. The van der Waals surface area contributed by atoms with E-state index in [0.717, 1.165) is 5.52 Å². The van der Waals surface area contributed by atoms with Crippen molar-refractivity contribution >= 4 is 49.0 Å². The van der Waals surface area contributed by atoms with Crippen LogP contribution in [-0.2, 0) is 0 Å². The molecule has 0 atom stereocenters. The van der Waals surface area contributed by atoms with Crippen LogP contribution in [0, 0.1) is 20.8 Å². The molecule has 7 aromatic rings. The minimum Gasteiger partial charge on any atom is -0.308 e. The highest BCUT2D eigenvalue weighted by Crippen LogP contribution is 2.45. The van der Waals surface area contributed by atoms with Crippen LogP contribution in [0.1, 0.15) is 16.7 Å². The molecule has 3 aromatic heterocycles. The van der Waals surface area contributed by atoms with Gasteiger partial charge in [0.1, 0.15) is 0 Å². The summed E-state index contributed by atoms with van der Waals surface area (Å²) >= 11 is 0. The Bertz CT molecular complexity index is 1840. The first-order valence-electron chi connectivity index (χ1n) is 11.2. The molecule has 0 aliphatic rings. The van der Waals surface area contributed by atoms with E-state index in [1.54, 1.807) is 0 Å². The number of aromatic nitrogens is 2. The molecule has 0 unspecified atom stereocenters. The fourth-order valence-corrected chi connectivity index (χ4v) is 5.71. The highest BCUT2D eigenvalue weighted by Gasteiger charge is 2.22. The average molecular weight is 411 g/mol. The largest absolute Gasteiger partial charge is 0.308 e. The van der Waals surface area contributed by atoms with Gasteiger partial charge in [0.25, 0.3) is 0 Å². The molecule has 7 rings (SSSR count). The number of benzene rings is 4. The number of fused-ring (bicyclic) bond motifs is 6. The Morgan fingerprint density at radius 1 is 0.688 bits per heavy atom. The van der Waals surface area contributed by atoms with E-state index in [1.165, 1.54) is 71.3 Å². The first-order valence-corrected chi connectivity index (χ1v) is 11.2. The molecular weight excluding hydrogens is 388 g/mol. The van der Waals surface area contributed by atoms with Crippen LogP contribution in [0.15, 0.2) is 79.0 Å². The van der Waals surface area contributed by atoms with E-state index >= 15 is 0 Å². The van der Waals surface area contributed by atoms with Gasteiger partial charge >= 0.3 is 0 Å². The number of pyridine rings is 2. The van der Waals surface area contributed by atoms with Crippen LogP contribution in [0.3, 0.4) is 0 Å². The third-order valence-electron chi connectivity index (χ3n) is 6.92. The van der Waals surface area contributed by atoms with E-state index < -0.39 is 0 Å². The molecule has 0 aliphatic carbocycles. The lowest BCUT2D eigenvalue weighted by molar-refractivity contribution is 1.29. The van der Waals surface area contributed by atoms with Gasteiger partial charge in [-0.25, -0.2) is 0 Å². The Kier molecular flexibility index (Phi) is 3.37. The molecule has 3 heterocycles. The van der Waals surface area contributed by atoms with Crippen molar-refractivity contribution in [3.63, 3.8) is 0 Å². The second-order valence-corrected chi connectivity index (χ2v) is 9.11. The van der Waals surface area contributed by atoms with Gasteiger partial charge in [0, 0.05) is 27.7 Å². The van der Waals surface area contributed by atoms with E-state index in [1.807, 2.05) is 6.20 Å². The summed E-state index contributed by atoms with van der Waals surface area (Å²) < 4.78 is 2.50. The second-order valence-electron chi connectivity index (χ2n) is 9.11. The van der Waals surface area contributed by atoms with Crippen molar-refractivity contribution in [2.75, 3.05) is 0 Å². The number of hydrogen-bond donors (Lipinski definition) is 0. The van der Waals surface area contributed by atoms with Gasteiger partial charge in [-0.1, -0.05) is 53.6 Å². The lowest BCUT2D eigenvalue weighted by Crippen LogP contribution is -1.97. The fraction of sp³-hybridized carbons (Fsp3) is 0.100. The molecule has 2 nitrogen and oxygen atoms in total. The van der Waals surface area contributed by atoms with Gasteiger partial charge in [-0.15, -0.1) is 0 Å². The standard InChI is InChI=1S/C30H22N2/c1-17-9-10-25-23(14-17)27-22(20-7-5-4-6-8-20)16-21-11-12-31-28-24-15-18(2)13-19(3)29(24)32(25)30(27)26(21)28/h4-16H,1-3H3. The molecule has 0 radical (unpaired) electrons. The van der Waals surface area contributed by atoms with E-state index in [9.17, 15) is 0 Å². The lowest BCUT2D eigenvalue weighted by Gasteiger charge is -2.16. The molecule has 2 heteroatoms. The summed E-state index contributed by atoms with van der Waals surface area (Å²) in [5, 5.41) is 6.36. The summed E-state index contributed by atoms with van der Waals surface area (Å²) in [5.74, 6) is 0. The van der Waals surface area contributed by atoms with Gasteiger partial charge < -0.3 is 4.40 Å². The highest BCUT2D eigenvalue weighted by molar-refractivity contribution is 6.31. The number of nitrogens with zero attached hydrogens (tertiary/aromatic N) is 2. The smallest absolute Gasteiger partial charge is 0.0822 e. The van der Waals surface area contributed by atoms with Crippen LogP contribution in [0.5, 0.6) is 0 Å². The first kappa shape index (κ1) is 17.7. The molecule has 4 aromatic carbocycles. The lowest BCUT2D eigenvalue weighted by atomic mass is 9.93. The monoisotopic (exact) mass is 410 g/mol. The molecule has 0 aliphatic heterocycles. The average Bonchev–Trinajstić information content (AvgIpc) is 3.13. The molecule has 0 saturated heterocycles. The van der Waals surface area contributed by atoms with Crippen LogP contribution in [0.4, 0.5) is 0 Å². The zero-order valence-corrected chi connectivity index (χ0v) is 18.4. The van der Waals surface area contributed by atoms with Crippen molar-refractivity contribution in [2.24, 2.45) is 0 Å². The summed E-state index contributed by atoms with van der Waals surface area (Å²) in [6.45, 7) is 6.58. The molecule has 32 heavy (non-hydrogen) atoms. The van der Waals surface area contributed by atoms with Crippen molar-refractivity contribution in [3.8, 4) is 11.1 Å². The van der Waals surface area contributed by atoms with Gasteiger partial charge in [0.15, 0.2) is 0 Å². The number of hydrogen-bond acceptors (Lipinski definition) is 1. The number of rotatable bonds is 1. The molecule has 152 valence electrons. The predicted octanol–water partition coefficient (Wildman–Crippen LogP) is 7.98. The first-order chi connectivity index (χ1) is 15.6. The van der Waals surface area contributed by atoms with Crippen molar-refractivity contribution in [3.05, 3.63) is 95.7 Å². The van der Waals surface area contributed by atoms with Crippen LogP contribution in [-0.4, -0.2) is 9.38 Å². The van der Waals surface area contributed by atoms with E-state index in [-0.39, 0.29) is 0 Å². The van der Waals surface area contributed by atoms with Crippen LogP contribution < -0.4 is 0 Å². The predicted molar refractivity (Wildman–Crippen MR) is 136 cm³/mol. The molecule has 0 amide bonds. The molecule has 0 bridgehead atoms. The summed E-state index contributed by atoms with van der Waals surface area (Å²) in [6, 6.07) is 26.7. The Labute approximate surface area is 186 Å².